The third-order valence-corrected chi connectivity index (χ3v) is 3.78. The van der Waals surface area contributed by atoms with Crippen molar-refractivity contribution in [3.8, 4) is 0 Å². The second-order valence-corrected chi connectivity index (χ2v) is 6.01. The van der Waals surface area contributed by atoms with Crippen molar-refractivity contribution in [3.63, 3.8) is 0 Å². The maximum Gasteiger partial charge on any atom is 0.253 e. The van der Waals surface area contributed by atoms with Crippen LogP contribution in [0, 0.1) is 6.92 Å². The number of nitrogens with two attached hydrogens (primary N) is 1. The summed E-state index contributed by atoms with van der Waals surface area (Å²) in [6, 6.07) is 14.2. The lowest BCUT2D eigenvalue weighted by atomic mass is 10.0. The molecule has 0 heterocycles. The number of nitrogens with zero attached hydrogens (tertiary/aromatic N) is 1. The van der Waals surface area contributed by atoms with E-state index in [9.17, 15) is 9.59 Å². The largest absolute Gasteiger partial charge is 0.345 e. The summed E-state index contributed by atoms with van der Waals surface area (Å²) in [5.74, 6) is -0.372. The number of carbonyl (C=O) groups excluding carboxylic acids is 2. The zero-order valence-corrected chi connectivity index (χ0v) is 14.2. The molecule has 5 nitrogen and oxygen atoms in total. The van der Waals surface area contributed by atoms with Gasteiger partial charge in [-0.15, -0.1) is 0 Å². The van der Waals surface area contributed by atoms with Gasteiger partial charge >= 0.3 is 0 Å². The van der Waals surface area contributed by atoms with Crippen LogP contribution in [0.2, 0.25) is 0 Å². The average molecular weight is 325 g/mol. The molecule has 0 fully saturated rings. The predicted octanol–water partition coefficient (Wildman–Crippen LogP) is 2.21. The highest BCUT2D eigenvalue weighted by Gasteiger charge is 2.16. The van der Waals surface area contributed by atoms with Crippen LogP contribution in [0.5, 0.6) is 0 Å². The van der Waals surface area contributed by atoms with E-state index in [0.717, 1.165) is 11.1 Å². The first-order chi connectivity index (χ1) is 11.4. The van der Waals surface area contributed by atoms with Crippen LogP contribution in [-0.4, -0.2) is 36.9 Å². The van der Waals surface area contributed by atoms with Gasteiger partial charge in [0.05, 0.1) is 6.04 Å². The van der Waals surface area contributed by atoms with Crippen LogP contribution in [-0.2, 0) is 11.2 Å². The third-order valence-electron chi connectivity index (χ3n) is 3.78. The molecular formula is C19H23N3O2. The number of aryl methyl sites for hydroxylation is 1. The van der Waals surface area contributed by atoms with Gasteiger partial charge in [-0.25, -0.2) is 0 Å². The number of anilines is 1. The second kappa shape index (κ2) is 7.75. The molecule has 126 valence electrons. The van der Waals surface area contributed by atoms with Gasteiger partial charge in [0, 0.05) is 25.3 Å². The van der Waals surface area contributed by atoms with Crippen molar-refractivity contribution in [3.05, 3.63) is 65.2 Å². The van der Waals surface area contributed by atoms with E-state index >= 15 is 0 Å². The standard InChI is InChI=1S/C19H23N3O2/c1-13-9-10-15(12-16(13)19(24)22(2)3)21-18(23)17(20)11-14-7-5-4-6-8-14/h4-10,12,17H,11,20H2,1-3H3,(H,21,23)/t17-/m0/s1. The molecule has 2 rings (SSSR count). The maximum absolute atomic E-state index is 12.3. The van der Waals surface area contributed by atoms with Crippen LogP contribution < -0.4 is 11.1 Å². The Labute approximate surface area is 142 Å². The molecule has 5 heteroatoms. The highest BCUT2D eigenvalue weighted by atomic mass is 16.2. The number of hydrogen-bond donors (Lipinski definition) is 2. The molecule has 0 radical (unpaired) electrons. The summed E-state index contributed by atoms with van der Waals surface area (Å²) in [6.45, 7) is 1.86. The number of carbonyl (C=O) groups is 2. The topological polar surface area (TPSA) is 75.4 Å². The average Bonchev–Trinajstić information content (AvgIpc) is 2.56. The summed E-state index contributed by atoms with van der Waals surface area (Å²) in [4.78, 5) is 26.0. The first kappa shape index (κ1) is 17.7. The van der Waals surface area contributed by atoms with Gasteiger partial charge in [-0.3, -0.25) is 9.59 Å². The van der Waals surface area contributed by atoms with E-state index in [1.807, 2.05) is 43.3 Å². The normalized spacial score (nSPS) is 11.7. The lowest BCUT2D eigenvalue weighted by Crippen LogP contribution is -2.37. The molecule has 0 bridgehead atoms. The van der Waals surface area contributed by atoms with Crippen molar-refractivity contribution in [2.24, 2.45) is 5.73 Å². The Morgan fingerprint density at radius 1 is 1.12 bits per heavy atom. The van der Waals surface area contributed by atoms with E-state index in [2.05, 4.69) is 5.32 Å². The first-order valence-corrected chi connectivity index (χ1v) is 7.81. The van der Waals surface area contributed by atoms with Crippen molar-refractivity contribution in [2.75, 3.05) is 19.4 Å². The Morgan fingerprint density at radius 3 is 2.42 bits per heavy atom. The zero-order chi connectivity index (χ0) is 17.7. The molecule has 0 aromatic heterocycles. The molecular weight excluding hydrogens is 302 g/mol. The monoisotopic (exact) mass is 325 g/mol. The van der Waals surface area contributed by atoms with Crippen LogP contribution in [0.4, 0.5) is 5.69 Å². The molecule has 3 N–H and O–H groups in total. The molecule has 0 spiro atoms. The van der Waals surface area contributed by atoms with Crippen LogP contribution in [0.25, 0.3) is 0 Å². The molecule has 24 heavy (non-hydrogen) atoms. The first-order valence-electron chi connectivity index (χ1n) is 7.81. The minimum Gasteiger partial charge on any atom is -0.345 e. The lowest BCUT2D eigenvalue weighted by molar-refractivity contribution is -0.117. The summed E-state index contributed by atoms with van der Waals surface area (Å²) >= 11 is 0. The Morgan fingerprint density at radius 2 is 1.79 bits per heavy atom. The highest BCUT2D eigenvalue weighted by Crippen LogP contribution is 2.17. The van der Waals surface area contributed by atoms with Crippen LogP contribution >= 0.6 is 0 Å². The van der Waals surface area contributed by atoms with Crippen molar-refractivity contribution in [2.45, 2.75) is 19.4 Å². The van der Waals surface area contributed by atoms with Gasteiger partial charge < -0.3 is 16.0 Å². The summed E-state index contributed by atoms with van der Waals surface area (Å²) in [5, 5.41) is 2.79. The quantitative estimate of drug-likeness (QED) is 0.885. The predicted molar refractivity (Wildman–Crippen MR) is 95.9 cm³/mol. The van der Waals surface area contributed by atoms with Gasteiger partial charge in [0.15, 0.2) is 0 Å². The van der Waals surface area contributed by atoms with Crippen LogP contribution in [0.3, 0.4) is 0 Å². The Hall–Kier alpha value is -2.66. The molecule has 0 aliphatic heterocycles. The van der Waals surface area contributed by atoms with Crippen molar-refractivity contribution in [1.82, 2.24) is 4.90 Å². The smallest absolute Gasteiger partial charge is 0.253 e. The van der Waals surface area contributed by atoms with Crippen LogP contribution in [0.1, 0.15) is 21.5 Å². The molecule has 2 amide bonds. The number of benzene rings is 2. The summed E-state index contributed by atoms with van der Waals surface area (Å²) in [7, 11) is 3.39. The number of rotatable bonds is 5. The highest BCUT2D eigenvalue weighted by molar-refractivity contribution is 5.99. The minimum atomic E-state index is -0.651. The maximum atomic E-state index is 12.3. The van der Waals surface area contributed by atoms with E-state index in [4.69, 9.17) is 5.73 Å². The van der Waals surface area contributed by atoms with Gasteiger partial charge in [0.2, 0.25) is 5.91 Å². The number of nitrogens with one attached hydrogen (secondary N) is 1. The molecule has 0 aliphatic carbocycles. The Bertz CT molecular complexity index is 727. The molecule has 1 atom stereocenters. The van der Waals surface area contributed by atoms with Gasteiger partial charge in [-0.2, -0.15) is 0 Å². The van der Waals surface area contributed by atoms with E-state index in [1.165, 1.54) is 4.90 Å². The fraction of sp³-hybridized carbons (Fsp3) is 0.263. The number of amides is 2. The molecule has 0 saturated heterocycles. The van der Waals surface area contributed by atoms with E-state index in [1.54, 1.807) is 26.2 Å². The second-order valence-electron chi connectivity index (χ2n) is 6.01. The van der Waals surface area contributed by atoms with E-state index in [0.29, 0.717) is 17.7 Å². The summed E-state index contributed by atoms with van der Waals surface area (Å²) in [6.07, 6.45) is 0.460. The molecule has 0 aliphatic rings. The van der Waals surface area contributed by atoms with Gasteiger partial charge in [-0.05, 0) is 36.6 Å². The van der Waals surface area contributed by atoms with Crippen molar-refractivity contribution >= 4 is 17.5 Å². The Kier molecular flexibility index (Phi) is 5.71. The molecule has 2 aromatic carbocycles. The lowest BCUT2D eigenvalue weighted by Gasteiger charge is -2.16. The van der Waals surface area contributed by atoms with Crippen molar-refractivity contribution < 1.29 is 9.59 Å². The van der Waals surface area contributed by atoms with E-state index < -0.39 is 6.04 Å². The third kappa shape index (κ3) is 4.43. The number of hydrogen-bond acceptors (Lipinski definition) is 3. The van der Waals surface area contributed by atoms with Gasteiger partial charge in [0.25, 0.3) is 5.91 Å². The van der Waals surface area contributed by atoms with E-state index in [-0.39, 0.29) is 11.8 Å². The fourth-order valence-electron chi connectivity index (χ4n) is 2.37. The van der Waals surface area contributed by atoms with Crippen molar-refractivity contribution in [1.29, 1.82) is 0 Å². The summed E-state index contributed by atoms with van der Waals surface area (Å²) < 4.78 is 0. The van der Waals surface area contributed by atoms with Gasteiger partial charge in [-0.1, -0.05) is 36.4 Å². The zero-order valence-electron chi connectivity index (χ0n) is 14.2. The SMILES string of the molecule is Cc1ccc(NC(=O)[C@@H](N)Cc2ccccc2)cc1C(=O)N(C)C. The molecule has 0 saturated carbocycles. The molecule has 2 aromatic rings. The molecule has 0 unspecified atom stereocenters. The van der Waals surface area contributed by atoms with Crippen LogP contribution in [0.15, 0.2) is 48.5 Å². The fourth-order valence-corrected chi connectivity index (χ4v) is 2.37. The summed E-state index contributed by atoms with van der Waals surface area (Å²) in [5.41, 5.74) is 8.99. The Balaban J connectivity index is 2.08. The van der Waals surface area contributed by atoms with Gasteiger partial charge in [0.1, 0.15) is 0 Å². The minimum absolute atomic E-state index is 0.0998.